The number of carbonyl (C=O) groups is 1. The summed E-state index contributed by atoms with van der Waals surface area (Å²) in [5.74, 6) is -4.39. The van der Waals surface area contributed by atoms with E-state index in [4.69, 9.17) is 5.73 Å². The minimum atomic E-state index is -4.40. The highest BCUT2D eigenvalue weighted by atomic mass is 19.4. The van der Waals surface area contributed by atoms with Gasteiger partial charge in [-0.05, 0) is 30.4 Å². The smallest absolute Gasteiger partial charge is 0.337 e. The topological polar surface area (TPSA) is 88.5 Å². The minimum absolute atomic E-state index is 0.0478. The van der Waals surface area contributed by atoms with Gasteiger partial charge < -0.3 is 16.0 Å². The van der Waals surface area contributed by atoms with E-state index in [-0.39, 0.29) is 25.3 Å². The maximum Gasteiger partial charge on any atom is 0.395 e. The third kappa shape index (κ3) is 4.73. The van der Waals surface area contributed by atoms with Gasteiger partial charge in [0.15, 0.2) is 5.65 Å². The molecule has 1 aliphatic heterocycles. The molecule has 1 unspecified atom stereocenters. The van der Waals surface area contributed by atoms with Crippen molar-refractivity contribution < 1.29 is 26.7 Å². The van der Waals surface area contributed by atoms with Gasteiger partial charge in [0.05, 0.1) is 30.0 Å². The van der Waals surface area contributed by atoms with E-state index in [0.29, 0.717) is 29.7 Å². The Morgan fingerprint density at radius 2 is 2.00 bits per heavy atom. The van der Waals surface area contributed by atoms with Crippen molar-refractivity contribution in [2.75, 3.05) is 13.1 Å². The van der Waals surface area contributed by atoms with Gasteiger partial charge in [-0.15, -0.1) is 0 Å². The number of rotatable bonds is 4. The molecule has 3 heterocycles. The average Bonchev–Trinajstić information content (AvgIpc) is 3.11. The summed E-state index contributed by atoms with van der Waals surface area (Å²) >= 11 is 0. The normalized spacial score (nSPS) is 23.7. The van der Waals surface area contributed by atoms with Gasteiger partial charge in [-0.2, -0.15) is 18.3 Å². The molecule has 0 radical (unpaired) electrons. The molecule has 4 rings (SSSR count). The van der Waals surface area contributed by atoms with Crippen LogP contribution in [0.5, 0.6) is 0 Å². The summed E-state index contributed by atoms with van der Waals surface area (Å²) in [4.78, 5) is 17.5. The number of imidazole rings is 1. The molecule has 12 heteroatoms. The number of hydrogen-bond acceptors (Lipinski definition) is 4. The molecule has 0 bridgehead atoms. The van der Waals surface area contributed by atoms with Crippen molar-refractivity contribution in [2.45, 2.75) is 50.4 Å². The Morgan fingerprint density at radius 1 is 1.29 bits per heavy atom. The lowest BCUT2D eigenvalue weighted by Gasteiger charge is -2.34. The highest BCUT2D eigenvalue weighted by molar-refractivity contribution is 5.75. The van der Waals surface area contributed by atoms with E-state index >= 15 is 0 Å². The summed E-state index contributed by atoms with van der Waals surface area (Å²) in [7, 11) is 0. The molecular formula is C19H23F5N6O. The molecule has 3 N–H and O–H groups in total. The third-order valence-corrected chi connectivity index (χ3v) is 6.07. The zero-order chi connectivity index (χ0) is 22.4. The zero-order valence-electron chi connectivity index (χ0n) is 16.6. The summed E-state index contributed by atoms with van der Waals surface area (Å²) in [6.45, 7) is -0.921. The molecule has 31 heavy (non-hydrogen) atoms. The second-order valence-electron chi connectivity index (χ2n) is 8.36. The van der Waals surface area contributed by atoms with Crippen LogP contribution in [0.15, 0.2) is 18.5 Å². The number of nitrogens with zero attached hydrogens (tertiary/aromatic N) is 4. The van der Waals surface area contributed by atoms with E-state index in [9.17, 15) is 26.7 Å². The standard InChI is InChI=1S/C19H23F5N6O/c20-18(21)3-1-12(2-4-18)16(25)14-10-30-15(28-14)5-11(6-27-30)8-29-9-13(19(22,23)24)7-26-17(29)31/h5-6,10,12-13,16H,1-4,7-9,25H2,(H,26,31)/t13?,16-/m0/s1. The first-order valence-electron chi connectivity index (χ1n) is 10.1. The molecule has 2 amide bonds. The second kappa shape index (κ2) is 7.88. The quantitative estimate of drug-likeness (QED) is 0.706. The lowest BCUT2D eigenvalue weighted by atomic mass is 9.81. The maximum absolute atomic E-state index is 13.4. The molecule has 2 fully saturated rings. The maximum atomic E-state index is 13.4. The summed E-state index contributed by atoms with van der Waals surface area (Å²) in [5.41, 5.74) is 7.74. The van der Waals surface area contributed by atoms with Crippen molar-refractivity contribution in [3.8, 4) is 0 Å². The van der Waals surface area contributed by atoms with Gasteiger partial charge in [0.1, 0.15) is 0 Å². The van der Waals surface area contributed by atoms with Crippen molar-refractivity contribution in [3.63, 3.8) is 0 Å². The van der Waals surface area contributed by atoms with Gasteiger partial charge in [-0.1, -0.05) is 0 Å². The Bertz CT molecular complexity index is 951. The first-order chi connectivity index (χ1) is 14.5. The van der Waals surface area contributed by atoms with Crippen LogP contribution in [0.25, 0.3) is 5.65 Å². The first kappa shape index (κ1) is 21.7. The minimum Gasteiger partial charge on any atom is -0.337 e. The Balaban J connectivity index is 1.47. The van der Waals surface area contributed by atoms with Crippen molar-refractivity contribution in [3.05, 3.63) is 29.7 Å². The van der Waals surface area contributed by atoms with E-state index in [1.807, 2.05) is 0 Å². The number of hydrogen-bond donors (Lipinski definition) is 2. The SMILES string of the molecule is N[C@H](c1cn2ncc(CN3CC(C(F)(F)F)CNC3=O)cc2n1)C1CCC(F)(F)CC1. The molecule has 1 saturated carbocycles. The number of urea groups is 1. The van der Waals surface area contributed by atoms with Gasteiger partial charge in [0, 0.05) is 32.5 Å². The van der Waals surface area contributed by atoms with E-state index < -0.39 is 43.2 Å². The monoisotopic (exact) mass is 446 g/mol. The largest absolute Gasteiger partial charge is 0.395 e. The van der Waals surface area contributed by atoms with Crippen LogP contribution in [0.1, 0.15) is 43.0 Å². The Labute approximate surface area is 174 Å². The number of nitrogens with one attached hydrogen (secondary N) is 1. The molecule has 1 saturated heterocycles. The molecule has 1 aliphatic carbocycles. The zero-order valence-corrected chi connectivity index (χ0v) is 16.6. The highest BCUT2D eigenvalue weighted by Crippen LogP contribution is 2.40. The van der Waals surface area contributed by atoms with Gasteiger partial charge in [0.2, 0.25) is 5.92 Å². The number of amides is 2. The number of carbonyl (C=O) groups excluding carboxylic acids is 1. The van der Waals surface area contributed by atoms with Crippen LogP contribution in [-0.4, -0.2) is 50.7 Å². The Hall–Kier alpha value is -2.50. The van der Waals surface area contributed by atoms with Gasteiger partial charge >= 0.3 is 12.2 Å². The summed E-state index contributed by atoms with van der Waals surface area (Å²) in [5, 5.41) is 6.47. The molecule has 170 valence electrons. The second-order valence-corrected chi connectivity index (χ2v) is 8.36. The van der Waals surface area contributed by atoms with Crippen LogP contribution in [-0.2, 0) is 6.54 Å². The molecule has 2 aromatic rings. The molecular weight excluding hydrogens is 423 g/mol. The van der Waals surface area contributed by atoms with Crippen LogP contribution in [0.4, 0.5) is 26.7 Å². The predicted molar refractivity (Wildman–Crippen MR) is 100 cm³/mol. The van der Waals surface area contributed by atoms with E-state index in [1.54, 1.807) is 12.3 Å². The fraction of sp³-hybridized carbons (Fsp3) is 0.632. The number of fused-ring (bicyclic) bond motifs is 1. The van der Waals surface area contributed by atoms with E-state index in [1.165, 1.54) is 10.7 Å². The first-order valence-corrected chi connectivity index (χ1v) is 10.1. The van der Waals surface area contributed by atoms with Crippen LogP contribution >= 0.6 is 0 Å². The summed E-state index contributed by atoms with van der Waals surface area (Å²) < 4.78 is 67.3. The van der Waals surface area contributed by atoms with Crippen LogP contribution in [0.3, 0.4) is 0 Å². The van der Waals surface area contributed by atoms with E-state index in [0.717, 1.165) is 4.90 Å². The molecule has 0 aromatic carbocycles. The highest BCUT2D eigenvalue weighted by Gasteiger charge is 2.44. The third-order valence-electron chi connectivity index (χ3n) is 6.07. The average molecular weight is 446 g/mol. The van der Waals surface area contributed by atoms with Crippen LogP contribution < -0.4 is 11.1 Å². The lowest BCUT2D eigenvalue weighted by molar-refractivity contribution is -0.178. The number of alkyl halides is 5. The van der Waals surface area contributed by atoms with Crippen molar-refractivity contribution in [2.24, 2.45) is 17.6 Å². The van der Waals surface area contributed by atoms with Gasteiger partial charge in [-0.25, -0.2) is 23.1 Å². The number of nitrogens with two attached hydrogens (primary N) is 1. The Kier molecular flexibility index (Phi) is 5.52. The lowest BCUT2D eigenvalue weighted by Crippen LogP contribution is -2.54. The van der Waals surface area contributed by atoms with Crippen LogP contribution in [0, 0.1) is 11.8 Å². The van der Waals surface area contributed by atoms with Gasteiger partial charge in [-0.3, -0.25) is 0 Å². The fourth-order valence-corrected chi connectivity index (χ4v) is 4.16. The van der Waals surface area contributed by atoms with Crippen molar-refractivity contribution >= 4 is 11.7 Å². The fourth-order valence-electron chi connectivity index (χ4n) is 4.16. The molecule has 7 nitrogen and oxygen atoms in total. The molecule has 2 atom stereocenters. The molecule has 0 spiro atoms. The molecule has 2 aromatic heterocycles. The van der Waals surface area contributed by atoms with Crippen molar-refractivity contribution in [1.82, 2.24) is 24.8 Å². The summed E-state index contributed by atoms with van der Waals surface area (Å²) in [6, 6.07) is 0.546. The van der Waals surface area contributed by atoms with Gasteiger partial charge in [0.25, 0.3) is 0 Å². The summed E-state index contributed by atoms with van der Waals surface area (Å²) in [6.07, 6.45) is -1.09. The predicted octanol–water partition coefficient (Wildman–Crippen LogP) is 3.26. The van der Waals surface area contributed by atoms with E-state index in [2.05, 4.69) is 15.4 Å². The van der Waals surface area contributed by atoms with Crippen LogP contribution in [0.2, 0.25) is 0 Å². The number of halogens is 5. The Morgan fingerprint density at radius 3 is 2.68 bits per heavy atom. The van der Waals surface area contributed by atoms with Crippen molar-refractivity contribution in [1.29, 1.82) is 0 Å². The number of aromatic nitrogens is 3. The molecule has 2 aliphatic rings.